The molecule has 0 aromatic heterocycles. The Morgan fingerprint density at radius 2 is 1.95 bits per heavy atom. The van der Waals surface area contributed by atoms with Crippen LogP contribution < -0.4 is 4.74 Å². The van der Waals surface area contributed by atoms with E-state index in [9.17, 15) is 5.11 Å². The highest BCUT2D eigenvalue weighted by Gasteiger charge is 2.40. The molecule has 1 fully saturated rings. The maximum atomic E-state index is 11.0. The molecule has 1 saturated carbocycles. The molecule has 0 heterocycles. The van der Waals surface area contributed by atoms with Crippen molar-refractivity contribution in [2.75, 3.05) is 27.7 Å². The van der Waals surface area contributed by atoms with Crippen molar-refractivity contribution in [1.82, 2.24) is 4.90 Å². The SMILES string of the molecule is COc1cccc(C(O)C2(CN(C)C)CCCCC2)c1. The predicted molar refractivity (Wildman–Crippen MR) is 82.0 cm³/mol. The largest absolute Gasteiger partial charge is 0.497 e. The molecule has 1 aromatic rings. The van der Waals surface area contributed by atoms with Crippen molar-refractivity contribution in [3.8, 4) is 5.75 Å². The van der Waals surface area contributed by atoms with E-state index in [2.05, 4.69) is 19.0 Å². The number of hydrogen-bond donors (Lipinski definition) is 1. The normalized spacial score (nSPS) is 19.9. The van der Waals surface area contributed by atoms with E-state index in [4.69, 9.17) is 4.74 Å². The van der Waals surface area contributed by atoms with Crippen LogP contribution in [0.2, 0.25) is 0 Å². The molecule has 1 atom stereocenters. The number of hydrogen-bond acceptors (Lipinski definition) is 3. The second-order valence-corrected chi connectivity index (χ2v) is 6.34. The summed E-state index contributed by atoms with van der Waals surface area (Å²) in [6.45, 7) is 0.936. The molecule has 2 rings (SSSR count). The molecule has 0 spiro atoms. The van der Waals surface area contributed by atoms with Crippen LogP contribution in [-0.4, -0.2) is 37.8 Å². The maximum Gasteiger partial charge on any atom is 0.119 e. The van der Waals surface area contributed by atoms with Crippen molar-refractivity contribution < 1.29 is 9.84 Å². The average molecular weight is 277 g/mol. The fourth-order valence-corrected chi connectivity index (χ4v) is 3.57. The molecular formula is C17H27NO2. The van der Waals surface area contributed by atoms with Crippen LogP contribution in [-0.2, 0) is 0 Å². The van der Waals surface area contributed by atoms with E-state index >= 15 is 0 Å². The van der Waals surface area contributed by atoms with Gasteiger partial charge in [-0.25, -0.2) is 0 Å². The first-order valence-electron chi connectivity index (χ1n) is 7.54. The molecule has 1 aromatic carbocycles. The van der Waals surface area contributed by atoms with Crippen LogP contribution in [0.5, 0.6) is 5.75 Å². The highest BCUT2D eigenvalue weighted by Crippen LogP contribution is 2.46. The third-order valence-electron chi connectivity index (χ3n) is 4.47. The quantitative estimate of drug-likeness (QED) is 0.897. The Balaban J connectivity index is 2.27. The molecule has 0 bridgehead atoms. The van der Waals surface area contributed by atoms with Crippen molar-refractivity contribution in [2.45, 2.75) is 38.2 Å². The first-order valence-corrected chi connectivity index (χ1v) is 7.54. The summed E-state index contributed by atoms with van der Waals surface area (Å²) in [7, 11) is 5.85. The molecule has 1 N–H and O–H groups in total. The van der Waals surface area contributed by atoms with Gasteiger partial charge in [-0.2, -0.15) is 0 Å². The Hall–Kier alpha value is -1.06. The molecule has 0 amide bonds. The summed E-state index contributed by atoms with van der Waals surface area (Å²) in [4.78, 5) is 2.20. The van der Waals surface area contributed by atoms with Crippen LogP contribution in [0.25, 0.3) is 0 Å². The predicted octanol–water partition coefficient (Wildman–Crippen LogP) is 3.24. The fourth-order valence-electron chi connectivity index (χ4n) is 3.57. The van der Waals surface area contributed by atoms with E-state index in [0.29, 0.717) is 0 Å². The van der Waals surface area contributed by atoms with E-state index in [0.717, 1.165) is 30.7 Å². The summed E-state index contributed by atoms with van der Waals surface area (Å²) in [5, 5.41) is 11.0. The number of aliphatic hydroxyl groups is 1. The van der Waals surface area contributed by atoms with Crippen molar-refractivity contribution in [3.05, 3.63) is 29.8 Å². The van der Waals surface area contributed by atoms with Gasteiger partial charge in [0.2, 0.25) is 0 Å². The highest BCUT2D eigenvalue weighted by atomic mass is 16.5. The minimum absolute atomic E-state index is 0.0197. The molecule has 3 heteroatoms. The van der Waals surface area contributed by atoms with Crippen molar-refractivity contribution in [1.29, 1.82) is 0 Å². The zero-order valence-electron chi connectivity index (χ0n) is 12.9. The van der Waals surface area contributed by atoms with Gasteiger partial charge in [-0.15, -0.1) is 0 Å². The first kappa shape index (κ1) is 15.3. The monoisotopic (exact) mass is 277 g/mol. The van der Waals surface area contributed by atoms with Crippen molar-refractivity contribution in [2.24, 2.45) is 5.41 Å². The number of methoxy groups -OCH3 is 1. The number of nitrogens with zero attached hydrogens (tertiary/aromatic N) is 1. The van der Waals surface area contributed by atoms with E-state index in [1.807, 2.05) is 24.3 Å². The van der Waals surface area contributed by atoms with Crippen LogP contribution in [0.1, 0.15) is 43.8 Å². The summed E-state index contributed by atoms with van der Waals surface area (Å²) in [6.07, 6.45) is 5.51. The maximum absolute atomic E-state index is 11.0. The lowest BCUT2D eigenvalue weighted by molar-refractivity contribution is -0.0228. The Morgan fingerprint density at radius 1 is 1.25 bits per heavy atom. The minimum Gasteiger partial charge on any atom is -0.497 e. The first-order chi connectivity index (χ1) is 9.57. The fraction of sp³-hybridized carbons (Fsp3) is 0.647. The number of aliphatic hydroxyl groups excluding tert-OH is 1. The molecule has 112 valence electrons. The smallest absolute Gasteiger partial charge is 0.119 e. The van der Waals surface area contributed by atoms with Gasteiger partial charge >= 0.3 is 0 Å². The third-order valence-corrected chi connectivity index (χ3v) is 4.47. The highest BCUT2D eigenvalue weighted by molar-refractivity contribution is 5.31. The second-order valence-electron chi connectivity index (χ2n) is 6.34. The zero-order chi connectivity index (χ0) is 14.6. The zero-order valence-corrected chi connectivity index (χ0v) is 12.9. The van der Waals surface area contributed by atoms with Crippen LogP contribution in [0.15, 0.2) is 24.3 Å². The Kier molecular flexibility index (Phi) is 5.06. The lowest BCUT2D eigenvalue weighted by Gasteiger charge is -2.43. The van der Waals surface area contributed by atoms with Gasteiger partial charge in [0, 0.05) is 12.0 Å². The summed E-state index contributed by atoms with van der Waals surface area (Å²) >= 11 is 0. The van der Waals surface area contributed by atoms with E-state index in [1.165, 1.54) is 19.3 Å². The number of rotatable bonds is 5. The second kappa shape index (κ2) is 6.59. The van der Waals surface area contributed by atoms with Crippen LogP contribution in [0.4, 0.5) is 0 Å². The Bertz CT molecular complexity index is 425. The van der Waals surface area contributed by atoms with Crippen molar-refractivity contribution in [3.63, 3.8) is 0 Å². The molecule has 0 radical (unpaired) electrons. The summed E-state index contributed by atoms with van der Waals surface area (Å²) in [5.41, 5.74) is 0.960. The van der Waals surface area contributed by atoms with Gasteiger partial charge in [0.05, 0.1) is 13.2 Å². The molecule has 0 aliphatic heterocycles. The molecule has 0 saturated heterocycles. The lowest BCUT2D eigenvalue weighted by Crippen LogP contribution is -2.40. The summed E-state index contributed by atoms with van der Waals surface area (Å²) < 4.78 is 5.28. The molecular weight excluding hydrogens is 250 g/mol. The van der Waals surface area contributed by atoms with Gasteiger partial charge < -0.3 is 14.7 Å². The van der Waals surface area contributed by atoms with Gasteiger partial charge in [0.15, 0.2) is 0 Å². The molecule has 20 heavy (non-hydrogen) atoms. The molecule has 1 unspecified atom stereocenters. The standard InChI is InChI=1S/C17H27NO2/c1-18(2)13-17(10-5-4-6-11-17)16(19)14-8-7-9-15(12-14)20-3/h7-9,12,16,19H,4-6,10-11,13H2,1-3H3. The average Bonchev–Trinajstić information content (AvgIpc) is 2.46. The van der Waals surface area contributed by atoms with E-state index < -0.39 is 6.10 Å². The Labute approximate surface area is 122 Å². The van der Waals surface area contributed by atoms with E-state index in [-0.39, 0.29) is 5.41 Å². The third kappa shape index (κ3) is 3.33. The van der Waals surface area contributed by atoms with E-state index in [1.54, 1.807) is 7.11 Å². The van der Waals surface area contributed by atoms with Crippen LogP contribution >= 0.6 is 0 Å². The van der Waals surface area contributed by atoms with Crippen molar-refractivity contribution >= 4 is 0 Å². The van der Waals surface area contributed by atoms with Gasteiger partial charge in [-0.3, -0.25) is 0 Å². The topological polar surface area (TPSA) is 32.7 Å². The Morgan fingerprint density at radius 3 is 2.55 bits per heavy atom. The minimum atomic E-state index is -0.416. The van der Waals surface area contributed by atoms with Gasteiger partial charge in [-0.05, 0) is 44.6 Å². The van der Waals surface area contributed by atoms with Gasteiger partial charge in [-0.1, -0.05) is 31.4 Å². The van der Waals surface area contributed by atoms with Crippen LogP contribution in [0.3, 0.4) is 0 Å². The van der Waals surface area contributed by atoms with Crippen LogP contribution in [0, 0.1) is 5.41 Å². The lowest BCUT2D eigenvalue weighted by atomic mass is 9.68. The number of benzene rings is 1. The molecule has 1 aliphatic carbocycles. The summed E-state index contributed by atoms with van der Waals surface area (Å²) in [6, 6.07) is 7.87. The van der Waals surface area contributed by atoms with Gasteiger partial charge in [0.1, 0.15) is 5.75 Å². The molecule has 3 nitrogen and oxygen atoms in total. The van der Waals surface area contributed by atoms with Gasteiger partial charge in [0.25, 0.3) is 0 Å². The molecule has 1 aliphatic rings. The summed E-state index contributed by atoms with van der Waals surface area (Å²) in [5.74, 6) is 0.817. The number of ether oxygens (including phenoxy) is 1.